The molecule has 0 fully saturated rings. The Morgan fingerprint density at radius 1 is 1.00 bits per heavy atom. The van der Waals surface area contributed by atoms with E-state index in [4.69, 9.17) is 0 Å². The lowest BCUT2D eigenvalue weighted by atomic mass is 10.2. The van der Waals surface area contributed by atoms with Crippen LogP contribution in [0.1, 0.15) is 5.56 Å². The Balaban J connectivity index is 2.11. The maximum absolute atomic E-state index is 10.1. The van der Waals surface area contributed by atoms with Crippen LogP contribution in [0.2, 0.25) is 0 Å². The van der Waals surface area contributed by atoms with Gasteiger partial charge < -0.3 is 9.67 Å². The van der Waals surface area contributed by atoms with E-state index in [2.05, 4.69) is 4.99 Å². The van der Waals surface area contributed by atoms with Gasteiger partial charge in [-0.1, -0.05) is 48.5 Å². The van der Waals surface area contributed by atoms with Gasteiger partial charge in [0, 0.05) is 18.6 Å². The van der Waals surface area contributed by atoms with Crippen molar-refractivity contribution in [2.45, 2.75) is 0 Å². The van der Waals surface area contributed by atoms with Gasteiger partial charge in [-0.25, -0.2) is 4.99 Å². The number of aryl methyl sites for hydroxylation is 1. The minimum Gasteiger partial charge on any atom is -0.493 e. The van der Waals surface area contributed by atoms with Crippen molar-refractivity contribution in [2.24, 2.45) is 12.0 Å². The molecular weight excluding hydrogens is 236 g/mol. The molecule has 3 heteroatoms. The van der Waals surface area contributed by atoms with Crippen molar-refractivity contribution in [1.29, 1.82) is 0 Å². The number of aromatic nitrogens is 1. The summed E-state index contributed by atoms with van der Waals surface area (Å²) in [4.78, 5) is 4.43. The van der Waals surface area contributed by atoms with Gasteiger partial charge in [-0.3, -0.25) is 0 Å². The van der Waals surface area contributed by atoms with Crippen LogP contribution in [0, 0.1) is 0 Å². The highest BCUT2D eigenvalue weighted by Crippen LogP contribution is 2.37. The summed E-state index contributed by atoms with van der Waals surface area (Å²) < 4.78 is 1.74. The maximum atomic E-state index is 10.1. The molecule has 1 N–H and O–H groups in total. The fourth-order valence-corrected chi connectivity index (χ4v) is 2.17. The predicted molar refractivity (Wildman–Crippen MR) is 78.3 cm³/mol. The third kappa shape index (κ3) is 1.99. The van der Waals surface area contributed by atoms with Crippen LogP contribution in [0.5, 0.6) is 5.88 Å². The summed E-state index contributed by atoms with van der Waals surface area (Å²) in [5.41, 5.74) is 2.59. The first-order chi connectivity index (χ1) is 9.27. The van der Waals surface area contributed by atoms with Gasteiger partial charge in [0.2, 0.25) is 5.88 Å². The molecule has 3 aromatic rings. The standard InChI is InChI=1S/C16H14N2O/c1-18-14-10-6-5-9-13(14)15(16(18)19)17-11-12-7-3-2-4-8-12/h2-11,19H,1H3. The number of hydrogen-bond acceptors (Lipinski definition) is 2. The Bertz CT molecular complexity index is 742. The van der Waals surface area contributed by atoms with Crippen LogP contribution in [0.15, 0.2) is 59.6 Å². The molecule has 0 aliphatic heterocycles. The average Bonchev–Trinajstić information content (AvgIpc) is 2.71. The molecular formula is C16H14N2O. The lowest BCUT2D eigenvalue weighted by Gasteiger charge is -1.95. The second-order valence-electron chi connectivity index (χ2n) is 4.42. The second kappa shape index (κ2) is 4.61. The second-order valence-corrected chi connectivity index (χ2v) is 4.42. The Morgan fingerprint density at radius 2 is 1.68 bits per heavy atom. The first kappa shape index (κ1) is 11.5. The van der Waals surface area contributed by atoms with E-state index in [0.717, 1.165) is 16.5 Å². The number of rotatable bonds is 2. The lowest BCUT2D eigenvalue weighted by Crippen LogP contribution is -1.84. The molecule has 2 aromatic carbocycles. The lowest BCUT2D eigenvalue weighted by molar-refractivity contribution is 0.437. The zero-order chi connectivity index (χ0) is 13.2. The molecule has 0 unspecified atom stereocenters. The van der Waals surface area contributed by atoms with Crippen LogP contribution < -0.4 is 0 Å². The average molecular weight is 250 g/mol. The van der Waals surface area contributed by atoms with Crippen LogP contribution >= 0.6 is 0 Å². The highest BCUT2D eigenvalue weighted by Gasteiger charge is 2.12. The van der Waals surface area contributed by atoms with Gasteiger partial charge in [-0.05, 0) is 11.6 Å². The highest BCUT2D eigenvalue weighted by atomic mass is 16.3. The molecule has 19 heavy (non-hydrogen) atoms. The summed E-state index contributed by atoms with van der Waals surface area (Å²) in [6, 6.07) is 17.7. The molecule has 0 spiro atoms. The zero-order valence-corrected chi connectivity index (χ0v) is 10.6. The third-order valence-corrected chi connectivity index (χ3v) is 3.19. The Morgan fingerprint density at radius 3 is 2.47 bits per heavy atom. The largest absolute Gasteiger partial charge is 0.493 e. The highest BCUT2D eigenvalue weighted by molar-refractivity contribution is 5.97. The summed E-state index contributed by atoms with van der Waals surface area (Å²) in [7, 11) is 1.83. The molecule has 0 radical (unpaired) electrons. The van der Waals surface area contributed by atoms with Crippen molar-refractivity contribution in [3.05, 3.63) is 60.2 Å². The SMILES string of the molecule is Cn1c(O)c(N=Cc2ccccc2)c2ccccc21. The molecule has 0 aliphatic carbocycles. The van der Waals surface area contributed by atoms with E-state index in [1.807, 2.05) is 61.6 Å². The molecule has 0 bridgehead atoms. The van der Waals surface area contributed by atoms with E-state index in [9.17, 15) is 5.11 Å². The van der Waals surface area contributed by atoms with E-state index < -0.39 is 0 Å². The Labute approximate surface area is 111 Å². The van der Waals surface area contributed by atoms with Crippen LogP contribution in [0.25, 0.3) is 10.9 Å². The molecule has 94 valence electrons. The van der Waals surface area contributed by atoms with Gasteiger partial charge in [-0.2, -0.15) is 0 Å². The molecule has 1 aromatic heterocycles. The number of para-hydroxylation sites is 1. The minimum atomic E-state index is 0.188. The normalized spacial score (nSPS) is 11.4. The van der Waals surface area contributed by atoms with Crippen LogP contribution in [-0.4, -0.2) is 15.9 Å². The topological polar surface area (TPSA) is 37.5 Å². The zero-order valence-electron chi connectivity index (χ0n) is 10.6. The maximum Gasteiger partial charge on any atom is 0.218 e. The van der Waals surface area contributed by atoms with Crippen LogP contribution in [0.3, 0.4) is 0 Å². The van der Waals surface area contributed by atoms with Gasteiger partial charge in [0.05, 0.1) is 5.52 Å². The van der Waals surface area contributed by atoms with E-state index >= 15 is 0 Å². The van der Waals surface area contributed by atoms with Gasteiger partial charge >= 0.3 is 0 Å². The monoisotopic (exact) mass is 250 g/mol. The summed E-state index contributed by atoms with van der Waals surface area (Å²) in [6.45, 7) is 0. The van der Waals surface area contributed by atoms with Gasteiger partial charge in [-0.15, -0.1) is 0 Å². The van der Waals surface area contributed by atoms with E-state index in [1.54, 1.807) is 10.8 Å². The fraction of sp³-hybridized carbons (Fsp3) is 0.0625. The third-order valence-electron chi connectivity index (χ3n) is 3.19. The van der Waals surface area contributed by atoms with Crippen molar-refractivity contribution in [3.63, 3.8) is 0 Å². The minimum absolute atomic E-state index is 0.188. The Hall–Kier alpha value is -2.55. The van der Waals surface area contributed by atoms with Crippen molar-refractivity contribution in [2.75, 3.05) is 0 Å². The van der Waals surface area contributed by atoms with E-state index in [-0.39, 0.29) is 5.88 Å². The molecule has 1 heterocycles. The van der Waals surface area contributed by atoms with Crippen molar-refractivity contribution >= 4 is 22.8 Å². The Kier molecular flexibility index (Phi) is 2.80. The van der Waals surface area contributed by atoms with E-state index in [1.165, 1.54) is 0 Å². The van der Waals surface area contributed by atoms with Gasteiger partial charge in [0.15, 0.2) is 0 Å². The molecule has 0 atom stereocenters. The molecule has 0 saturated carbocycles. The van der Waals surface area contributed by atoms with Crippen molar-refractivity contribution in [3.8, 4) is 5.88 Å². The first-order valence-electron chi connectivity index (χ1n) is 6.13. The molecule has 3 rings (SSSR count). The first-order valence-corrected chi connectivity index (χ1v) is 6.13. The molecule has 0 saturated heterocycles. The van der Waals surface area contributed by atoms with Gasteiger partial charge in [0.1, 0.15) is 5.69 Å². The summed E-state index contributed by atoms with van der Waals surface area (Å²) >= 11 is 0. The number of aromatic hydroxyl groups is 1. The smallest absolute Gasteiger partial charge is 0.218 e. The predicted octanol–water partition coefficient (Wildman–Crippen LogP) is 3.63. The van der Waals surface area contributed by atoms with Crippen molar-refractivity contribution in [1.82, 2.24) is 4.57 Å². The van der Waals surface area contributed by atoms with Crippen LogP contribution in [0.4, 0.5) is 5.69 Å². The number of nitrogens with zero attached hydrogens (tertiary/aromatic N) is 2. The van der Waals surface area contributed by atoms with Crippen molar-refractivity contribution < 1.29 is 5.11 Å². The van der Waals surface area contributed by atoms with Crippen LogP contribution in [-0.2, 0) is 7.05 Å². The number of benzene rings is 2. The summed E-state index contributed by atoms with van der Waals surface area (Å²) in [5, 5.41) is 11.1. The molecule has 3 nitrogen and oxygen atoms in total. The molecule has 0 amide bonds. The summed E-state index contributed by atoms with van der Waals surface area (Å²) in [5.74, 6) is 0.188. The fourth-order valence-electron chi connectivity index (χ4n) is 2.17. The molecule has 0 aliphatic rings. The van der Waals surface area contributed by atoms with Gasteiger partial charge in [0.25, 0.3) is 0 Å². The number of aliphatic imine (C=N–C) groups is 1. The number of fused-ring (bicyclic) bond motifs is 1. The number of hydrogen-bond donors (Lipinski definition) is 1. The summed E-state index contributed by atoms with van der Waals surface area (Å²) in [6.07, 6.45) is 1.77. The quantitative estimate of drug-likeness (QED) is 0.693. The van der Waals surface area contributed by atoms with E-state index in [0.29, 0.717) is 5.69 Å².